The molecule has 8 heteroatoms. The van der Waals surface area contributed by atoms with Gasteiger partial charge in [0.2, 0.25) is 5.91 Å². The predicted molar refractivity (Wildman–Crippen MR) is 116 cm³/mol. The summed E-state index contributed by atoms with van der Waals surface area (Å²) in [5, 5.41) is 12.8. The van der Waals surface area contributed by atoms with Crippen molar-refractivity contribution in [2.24, 2.45) is 0 Å². The lowest BCUT2D eigenvalue weighted by molar-refractivity contribution is -0.113. The van der Waals surface area contributed by atoms with Crippen LogP contribution in [-0.2, 0) is 11.3 Å². The van der Waals surface area contributed by atoms with Crippen molar-refractivity contribution in [2.75, 3.05) is 30.1 Å². The van der Waals surface area contributed by atoms with Crippen LogP contribution in [0.2, 0.25) is 5.02 Å². The number of rotatable bonds is 7. The molecule has 6 nitrogen and oxygen atoms in total. The fourth-order valence-electron chi connectivity index (χ4n) is 2.66. The molecular weight excluding hydrogens is 394 g/mol. The maximum absolute atomic E-state index is 12.2. The SMILES string of the molecule is CCn1c(SCC(=O)Nc2ccc(Cl)cc2)nnc1-c1ccc(N(C)C)cc1. The van der Waals surface area contributed by atoms with Crippen LogP contribution in [-0.4, -0.2) is 40.5 Å². The molecule has 0 aliphatic heterocycles. The Morgan fingerprint density at radius 3 is 2.39 bits per heavy atom. The van der Waals surface area contributed by atoms with Crippen molar-refractivity contribution in [1.82, 2.24) is 14.8 Å². The monoisotopic (exact) mass is 415 g/mol. The van der Waals surface area contributed by atoms with Crippen LogP contribution in [0.5, 0.6) is 0 Å². The van der Waals surface area contributed by atoms with Crippen LogP contribution in [0, 0.1) is 0 Å². The number of amides is 1. The Bertz CT molecular complexity index is 938. The maximum Gasteiger partial charge on any atom is 0.234 e. The van der Waals surface area contributed by atoms with Crippen molar-refractivity contribution >= 4 is 40.6 Å². The van der Waals surface area contributed by atoms with Gasteiger partial charge < -0.3 is 14.8 Å². The molecule has 0 bridgehead atoms. The van der Waals surface area contributed by atoms with Gasteiger partial charge in [0.15, 0.2) is 11.0 Å². The summed E-state index contributed by atoms with van der Waals surface area (Å²) in [6, 6.07) is 15.2. The third-order valence-corrected chi connectivity index (χ3v) is 5.35. The normalized spacial score (nSPS) is 10.7. The molecule has 0 unspecified atom stereocenters. The highest BCUT2D eigenvalue weighted by Crippen LogP contribution is 2.25. The number of carbonyl (C=O) groups excluding carboxylic acids is 1. The molecule has 1 N–H and O–H groups in total. The zero-order valence-corrected chi connectivity index (χ0v) is 17.6. The number of halogens is 1. The first-order chi connectivity index (χ1) is 13.5. The molecule has 0 fully saturated rings. The molecule has 0 radical (unpaired) electrons. The van der Waals surface area contributed by atoms with Gasteiger partial charge in [0.1, 0.15) is 0 Å². The molecule has 1 heterocycles. The Hall–Kier alpha value is -2.51. The zero-order chi connectivity index (χ0) is 20.1. The second kappa shape index (κ2) is 9.12. The molecule has 3 rings (SSSR count). The van der Waals surface area contributed by atoms with Gasteiger partial charge in [-0.15, -0.1) is 10.2 Å². The minimum Gasteiger partial charge on any atom is -0.378 e. The second-order valence-corrected chi connectivity index (χ2v) is 7.71. The van der Waals surface area contributed by atoms with Crippen LogP contribution >= 0.6 is 23.4 Å². The number of thioether (sulfide) groups is 1. The molecule has 28 heavy (non-hydrogen) atoms. The number of hydrogen-bond donors (Lipinski definition) is 1. The summed E-state index contributed by atoms with van der Waals surface area (Å²) in [7, 11) is 4.01. The molecule has 0 spiro atoms. The van der Waals surface area contributed by atoms with E-state index < -0.39 is 0 Å². The van der Waals surface area contributed by atoms with Gasteiger partial charge in [0.25, 0.3) is 0 Å². The van der Waals surface area contributed by atoms with Gasteiger partial charge in [-0.2, -0.15) is 0 Å². The van der Waals surface area contributed by atoms with Gasteiger partial charge in [0.05, 0.1) is 5.75 Å². The number of aromatic nitrogens is 3. The van der Waals surface area contributed by atoms with E-state index in [2.05, 4.69) is 32.5 Å². The molecule has 2 aromatic carbocycles. The highest BCUT2D eigenvalue weighted by Gasteiger charge is 2.15. The number of nitrogens with zero attached hydrogens (tertiary/aromatic N) is 4. The van der Waals surface area contributed by atoms with Crippen LogP contribution < -0.4 is 10.2 Å². The average molecular weight is 416 g/mol. The quantitative estimate of drug-likeness (QED) is 0.579. The average Bonchev–Trinajstić information content (AvgIpc) is 3.11. The Kier molecular flexibility index (Phi) is 6.59. The van der Waals surface area contributed by atoms with Gasteiger partial charge in [-0.3, -0.25) is 4.79 Å². The van der Waals surface area contributed by atoms with E-state index in [1.165, 1.54) is 11.8 Å². The Balaban J connectivity index is 1.68. The summed E-state index contributed by atoms with van der Waals surface area (Å²) in [6.45, 7) is 2.76. The number of carbonyl (C=O) groups is 1. The fraction of sp³-hybridized carbons (Fsp3) is 0.250. The van der Waals surface area contributed by atoms with Crippen LogP contribution in [0.15, 0.2) is 53.7 Å². The minimum atomic E-state index is -0.102. The standard InChI is InChI=1S/C20H22ClN5OS/c1-4-26-19(14-5-11-17(12-6-14)25(2)3)23-24-20(26)28-13-18(27)22-16-9-7-15(21)8-10-16/h5-12H,4,13H2,1-3H3,(H,22,27). The van der Waals surface area contributed by atoms with Gasteiger partial charge in [-0.25, -0.2) is 0 Å². The molecule has 0 aliphatic rings. The molecule has 0 saturated carbocycles. The maximum atomic E-state index is 12.2. The lowest BCUT2D eigenvalue weighted by Crippen LogP contribution is -2.14. The number of anilines is 2. The Morgan fingerprint density at radius 2 is 1.79 bits per heavy atom. The van der Waals surface area contributed by atoms with E-state index in [-0.39, 0.29) is 11.7 Å². The van der Waals surface area contributed by atoms with Gasteiger partial charge in [-0.05, 0) is 55.5 Å². The van der Waals surface area contributed by atoms with Crippen molar-refractivity contribution in [3.05, 3.63) is 53.6 Å². The number of benzene rings is 2. The minimum absolute atomic E-state index is 0.102. The lowest BCUT2D eigenvalue weighted by Gasteiger charge is -2.13. The smallest absolute Gasteiger partial charge is 0.234 e. The van der Waals surface area contributed by atoms with Crippen molar-refractivity contribution in [1.29, 1.82) is 0 Å². The highest BCUT2D eigenvalue weighted by atomic mass is 35.5. The van der Waals surface area contributed by atoms with Gasteiger partial charge in [-0.1, -0.05) is 23.4 Å². The highest BCUT2D eigenvalue weighted by molar-refractivity contribution is 7.99. The summed E-state index contributed by atoms with van der Waals surface area (Å²) in [5.41, 5.74) is 2.84. The fourth-order valence-corrected chi connectivity index (χ4v) is 3.59. The van der Waals surface area contributed by atoms with E-state index in [1.54, 1.807) is 24.3 Å². The second-order valence-electron chi connectivity index (χ2n) is 6.34. The lowest BCUT2D eigenvalue weighted by atomic mass is 10.2. The molecule has 0 saturated heterocycles. The number of nitrogens with one attached hydrogen (secondary N) is 1. The topological polar surface area (TPSA) is 63.1 Å². The van der Waals surface area contributed by atoms with Crippen molar-refractivity contribution in [3.8, 4) is 11.4 Å². The van der Waals surface area contributed by atoms with Crippen LogP contribution in [0.25, 0.3) is 11.4 Å². The van der Waals surface area contributed by atoms with E-state index >= 15 is 0 Å². The van der Waals surface area contributed by atoms with Crippen LogP contribution in [0.3, 0.4) is 0 Å². The summed E-state index contributed by atoms with van der Waals surface area (Å²) >= 11 is 7.23. The third-order valence-electron chi connectivity index (χ3n) is 4.14. The predicted octanol–water partition coefficient (Wildman–Crippen LogP) is 4.42. The van der Waals surface area contributed by atoms with E-state index in [4.69, 9.17) is 11.6 Å². The van der Waals surface area contributed by atoms with Crippen LogP contribution in [0.1, 0.15) is 6.92 Å². The van der Waals surface area contributed by atoms with Gasteiger partial charge in [0, 0.05) is 42.6 Å². The summed E-state index contributed by atoms with van der Waals surface area (Å²) in [5.74, 6) is 0.948. The first-order valence-electron chi connectivity index (χ1n) is 8.87. The zero-order valence-electron chi connectivity index (χ0n) is 16.0. The molecular formula is C20H22ClN5OS. The molecule has 0 atom stereocenters. The van der Waals surface area contributed by atoms with E-state index in [9.17, 15) is 4.79 Å². The van der Waals surface area contributed by atoms with Crippen molar-refractivity contribution in [3.63, 3.8) is 0 Å². The first-order valence-corrected chi connectivity index (χ1v) is 10.2. The summed E-state index contributed by atoms with van der Waals surface area (Å²) < 4.78 is 2.02. The molecule has 0 aliphatic carbocycles. The van der Waals surface area contributed by atoms with Gasteiger partial charge >= 0.3 is 0 Å². The Morgan fingerprint density at radius 1 is 1.11 bits per heavy atom. The molecule has 1 aromatic heterocycles. The molecule has 3 aromatic rings. The first kappa shape index (κ1) is 20.2. The van der Waals surface area contributed by atoms with Crippen molar-refractivity contribution < 1.29 is 4.79 Å². The third kappa shape index (κ3) is 4.85. The largest absolute Gasteiger partial charge is 0.378 e. The Labute approximate surface area is 173 Å². The molecule has 146 valence electrons. The van der Waals surface area contributed by atoms with E-state index in [1.807, 2.05) is 37.7 Å². The van der Waals surface area contributed by atoms with Crippen LogP contribution in [0.4, 0.5) is 11.4 Å². The van der Waals surface area contributed by atoms with Crippen molar-refractivity contribution in [2.45, 2.75) is 18.6 Å². The number of hydrogen-bond acceptors (Lipinski definition) is 5. The van der Waals surface area contributed by atoms with E-state index in [0.29, 0.717) is 10.7 Å². The van der Waals surface area contributed by atoms with E-state index in [0.717, 1.165) is 28.8 Å². The summed E-state index contributed by atoms with van der Waals surface area (Å²) in [4.78, 5) is 14.3. The molecule has 1 amide bonds. The summed E-state index contributed by atoms with van der Waals surface area (Å²) in [6.07, 6.45) is 0.